The van der Waals surface area contributed by atoms with Gasteiger partial charge in [-0.05, 0) is 48.9 Å². The number of rotatable bonds is 4. The Labute approximate surface area is 158 Å². The van der Waals surface area contributed by atoms with Gasteiger partial charge in [-0.2, -0.15) is 0 Å². The van der Waals surface area contributed by atoms with Gasteiger partial charge < -0.3 is 18.8 Å². The highest BCUT2D eigenvalue weighted by atomic mass is 16.5. The van der Waals surface area contributed by atoms with E-state index in [1.54, 1.807) is 17.0 Å². The van der Waals surface area contributed by atoms with Crippen LogP contribution in [0.3, 0.4) is 0 Å². The molecule has 0 aliphatic carbocycles. The third-order valence-corrected chi connectivity index (χ3v) is 4.68. The molecule has 0 N–H and O–H groups in total. The molecule has 2 heterocycles. The Morgan fingerprint density at radius 1 is 1.04 bits per heavy atom. The molecule has 4 rings (SSSR count). The number of morpholine rings is 1. The minimum absolute atomic E-state index is 0.0309. The van der Waals surface area contributed by atoms with Crippen molar-refractivity contribution in [2.24, 2.45) is 0 Å². The van der Waals surface area contributed by atoms with Crippen LogP contribution in [-0.4, -0.2) is 36.1 Å². The highest BCUT2D eigenvalue weighted by Crippen LogP contribution is 2.22. The molecule has 3 aromatic rings. The maximum Gasteiger partial charge on any atom is 0.289 e. The lowest BCUT2D eigenvalue weighted by atomic mass is 10.1. The summed E-state index contributed by atoms with van der Waals surface area (Å²) in [4.78, 5) is 14.4. The van der Waals surface area contributed by atoms with Gasteiger partial charge in [-0.3, -0.25) is 4.79 Å². The molecule has 0 radical (unpaired) electrons. The summed E-state index contributed by atoms with van der Waals surface area (Å²) in [7, 11) is 0. The van der Waals surface area contributed by atoms with E-state index >= 15 is 0 Å². The summed E-state index contributed by atoms with van der Waals surface area (Å²) in [6, 6.07) is 17.6. The van der Waals surface area contributed by atoms with E-state index in [0.29, 0.717) is 24.6 Å². The molecule has 0 saturated carbocycles. The quantitative estimate of drug-likeness (QED) is 0.693. The van der Waals surface area contributed by atoms with Crippen LogP contribution in [0.4, 0.5) is 0 Å². The van der Waals surface area contributed by atoms with Crippen LogP contribution in [0.25, 0.3) is 10.8 Å². The number of carbonyl (C=O) groups excluding carboxylic acids is 1. The number of amides is 1. The van der Waals surface area contributed by atoms with Gasteiger partial charge in [0.05, 0.1) is 12.2 Å². The molecule has 2 aromatic carbocycles. The first-order valence-corrected chi connectivity index (χ1v) is 9.23. The van der Waals surface area contributed by atoms with E-state index in [9.17, 15) is 4.79 Å². The third kappa shape index (κ3) is 3.98. The predicted octanol–water partition coefficient (Wildman–Crippen LogP) is 4.26. The number of carbonyl (C=O) groups is 1. The molecule has 1 aliphatic heterocycles. The Balaban J connectivity index is 1.40. The predicted molar refractivity (Wildman–Crippen MR) is 103 cm³/mol. The number of ether oxygens (including phenoxy) is 2. The molecule has 1 aromatic heterocycles. The summed E-state index contributed by atoms with van der Waals surface area (Å²) in [5, 5.41) is 2.30. The summed E-state index contributed by atoms with van der Waals surface area (Å²) >= 11 is 0. The molecule has 0 spiro atoms. The number of hydrogen-bond donors (Lipinski definition) is 0. The van der Waals surface area contributed by atoms with Gasteiger partial charge in [0.2, 0.25) is 0 Å². The van der Waals surface area contributed by atoms with Crippen LogP contribution in [0, 0.1) is 0 Å². The van der Waals surface area contributed by atoms with Crippen molar-refractivity contribution in [2.45, 2.75) is 32.7 Å². The zero-order valence-corrected chi connectivity index (χ0v) is 15.6. The van der Waals surface area contributed by atoms with Crippen LogP contribution in [0.1, 0.15) is 30.2 Å². The largest absolute Gasteiger partial charge is 0.486 e. The molecule has 1 saturated heterocycles. The fraction of sp³-hybridized carbons (Fsp3) is 0.318. The van der Waals surface area contributed by atoms with E-state index in [0.717, 1.165) is 11.1 Å². The SMILES string of the molecule is C[C@H]1CN(C(=O)c2ccc(COc3ccc4ccccc4c3)o2)C[C@H](C)O1. The van der Waals surface area contributed by atoms with Crippen molar-refractivity contribution in [3.05, 3.63) is 66.1 Å². The molecule has 1 fully saturated rings. The van der Waals surface area contributed by atoms with E-state index in [1.807, 2.05) is 44.2 Å². The Morgan fingerprint density at radius 2 is 1.78 bits per heavy atom. The van der Waals surface area contributed by atoms with Crippen LogP contribution in [0.15, 0.2) is 59.0 Å². The first-order valence-electron chi connectivity index (χ1n) is 9.23. The fourth-order valence-corrected chi connectivity index (χ4v) is 3.48. The van der Waals surface area contributed by atoms with Crippen molar-refractivity contribution < 1.29 is 18.7 Å². The molecule has 5 nitrogen and oxygen atoms in total. The normalized spacial score (nSPS) is 20.0. The second-order valence-corrected chi connectivity index (χ2v) is 7.03. The smallest absolute Gasteiger partial charge is 0.289 e. The second-order valence-electron chi connectivity index (χ2n) is 7.03. The van der Waals surface area contributed by atoms with Gasteiger partial charge in [0.15, 0.2) is 5.76 Å². The van der Waals surface area contributed by atoms with Crippen molar-refractivity contribution in [1.82, 2.24) is 4.90 Å². The molecule has 5 heteroatoms. The Morgan fingerprint density at radius 3 is 2.56 bits per heavy atom. The molecular weight excluding hydrogens is 342 g/mol. The van der Waals surface area contributed by atoms with Crippen LogP contribution in [-0.2, 0) is 11.3 Å². The number of benzene rings is 2. The second kappa shape index (κ2) is 7.45. The van der Waals surface area contributed by atoms with Gasteiger partial charge in [0, 0.05) is 13.1 Å². The van der Waals surface area contributed by atoms with Crippen molar-refractivity contribution >= 4 is 16.7 Å². The fourth-order valence-electron chi connectivity index (χ4n) is 3.48. The van der Waals surface area contributed by atoms with E-state index < -0.39 is 0 Å². The lowest BCUT2D eigenvalue weighted by Crippen LogP contribution is -2.48. The number of hydrogen-bond acceptors (Lipinski definition) is 4. The van der Waals surface area contributed by atoms with E-state index in [2.05, 4.69) is 12.1 Å². The highest BCUT2D eigenvalue weighted by Gasteiger charge is 2.28. The lowest BCUT2D eigenvalue weighted by Gasteiger charge is -2.34. The topological polar surface area (TPSA) is 51.9 Å². The van der Waals surface area contributed by atoms with Gasteiger partial charge in [0.1, 0.15) is 18.1 Å². The van der Waals surface area contributed by atoms with Crippen molar-refractivity contribution in [1.29, 1.82) is 0 Å². The molecule has 2 atom stereocenters. The van der Waals surface area contributed by atoms with E-state index in [-0.39, 0.29) is 24.7 Å². The van der Waals surface area contributed by atoms with Crippen molar-refractivity contribution in [3.8, 4) is 5.75 Å². The van der Waals surface area contributed by atoms with E-state index in [4.69, 9.17) is 13.9 Å². The summed E-state index contributed by atoms with van der Waals surface area (Å²) in [5.74, 6) is 1.64. The summed E-state index contributed by atoms with van der Waals surface area (Å²) in [5.41, 5.74) is 0. The average molecular weight is 365 g/mol. The zero-order chi connectivity index (χ0) is 18.8. The van der Waals surface area contributed by atoms with E-state index in [1.165, 1.54) is 5.39 Å². The van der Waals surface area contributed by atoms with Crippen LogP contribution < -0.4 is 4.74 Å². The first kappa shape index (κ1) is 17.6. The van der Waals surface area contributed by atoms with Crippen molar-refractivity contribution in [3.63, 3.8) is 0 Å². The molecular formula is C22H23NO4. The summed E-state index contributed by atoms with van der Waals surface area (Å²) in [6.07, 6.45) is 0.0618. The molecule has 0 unspecified atom stereocenters. The minimum Gasteiger partial charge on any atom is -0.486 e. The maximum absolute atomic E-state index is 12.7. The van der Waals surface area contributed by atoms with Crippen LogP contribution >= 0.6 is 0 Å². The number of nitrogens with zero attached hydrogens (tertiary/aromatic N) is 1. The highest BCUT2D eigenvalue weighted by molar-refractivity contribution is 5.91. The Hall–Kier alpha value is -2.79. The molecule has 27 heavy (non-hydrogen) atoms. The van der Waals surface area contributed by atoms with Gasteiger partial charge in [-0.15, -0.1) is 0 Å². The summed E-state index contributed by atoms with van der Waals surface area (Å²) < 4.78 is 17.2. The number of furan rings is 1. The van der Waals surface area contributed by atoms with Crippen LogP contribution in [0.2, 0.25) is 0 Å². The van der Waals surface area contributed by atoms with Gasteiger partial charge in [-0.25, -0.2) is 0 Å². The Bertz CT molecular complexity index is 938. The van der Waals surface area contributed by atoms with Gasteiger partial charge in [0.25, 0.3) is 5.91 Å². The maximum atomic E-state index is 12.7. The number of fused-ring (bicyclic) bond motifs is 1. The molecule has 140 valence electrons. The van der Waals surface area contributed by atoms with Crippen molar-refractivity contribution in [2.75, 3.05) is 13.1 Å². The van der Waals surface area contributed by atoms with Gasteiger partial charge >= 0.3 is 0 Å². The zero-order valence-electron chi connectivity index (χ0n) is 15.6. The summed E-state index contributed by atoms with van der Waals surface area (Å²) in [6.45, 7) is 5.38. The Kier molecular flexibility index (Phi) is 4.86. The lowest BCUT2D eigenvalue weighted by molar-refractivity contribution is -0.0592. The standard InChI is InChI=1S/C22H23NO4/c1-15-12-23(13-16(2)26-15)22(24)21-10-9-20(27-21)14-25-19-8-7-17-5-3-4-6-18(17)11-19/h3-11,15-16H,12-14H2,1-2H3/t15-,16-/m0/s1. The molecule has 0 bridgehead atoms. The monoisotopic (exact) mass is 365 g/mol. The van der Waals surface area contributed by atoms with Gasteiger partial charge in [-0.1, -0.05) is 30.3 Å². The minimum atomic E-state index is -0.103. The third-order valence-electron chi connectivity index (χ3n) is 4.68. The van der Waals surface area contributed by atoms with Crippen LogP contribution in [0.5, 0.6) is 5.75 Å². The first-order chi connectivity index (χ1) is 13.1. The molecule has 1 amide bonds. The molecule has 1 aliphatic rings. The average Bonchev–Trinajstić information content (AvgIpc) is 3.14.